The third kappa shape index (κ3) is 3.99. The number of urea groups is 1. The Morgan fingerprint density at radius 2 is 1.73 bits per heavy atom. The molecule has 4 N–H and O–H groups in total. The molecule has 1 unspecified atom stereocenters. The lowest BCUT2D eigenvalue weighted by atomic mass is 9.81. The molecule has 2 fully saturated rings. The zero-order valence-corrected chi connectivity index (χ0v) is 15.8. The first-order valence-electron chi connectivity index (χ1n) is 8.56. The summed E-state index contributed by atoms with van der Waals surface area (Å²) >= 11 is 0. The molecule has 1 atom stereocenters. The molecule has 26 heavy (non-hydrogen) atoms. The molecular weight excluding hydrogens is 356 g/mol. The van der Waals surface area contributed by atoms with Gasteiger partial charge in [0.2, 0.25) is 0 Å². The highest BCUT2D eigenvalue weighted by atomic mass is 35.5. The topological polar surface area (TPSA) is 99.3 Å². The summed E-state index contributed by atoms with van der Waals surface area (Å²) in [6.07, 6.45) is 2.08. The van der Waals surface area contributed by atoms with Gasteiger partial charge in [0.1, 0.15) is 5.54 Å². The molecule has 2 aliphatic rings. The zero-order valence-electron chi connectivity index (χ0n) is 15.0. The number of nitrogens with one attached hydrogen (secondary N) is 4. The number of benzene rings is 1. The fourth-order valence-corrected chi connectivity index (χ4v) is 3.30. The normalized spacial score (nSPS) is 24.2. The second kappa shape index (κ2) is 7.63. The summed E-state index contributed by atoms with van der Waals surface area (Å²) in [5, 5.41) is 11.2. The predicted molar refractivity (Wildman–Crippen MR) is 100 cm³/mol. The van der Waals surface area contributed by atoms with E-state index in [1.807, 2.05) is 0 Å². The summed E-state index contributed by atoms with van der Waals surface area (Å²) in [4.78, 5) is 35.7. The Bertz CT molecular complexity index is 701. The number of imide groups is 1. The van der Waals surface area contributed by atoms with E-state index in [-0.39, 0.29) is 23.7 Å². The number of carbonyl (C=O) groups is 3. The Morgan fingerprint density at radius 1 is 1.12 bits per heavy atom. The van der Waals surface area contributed by atoms with Crippen LogP contribution < -0.4 is 21.3 Å². The molecule has 0 bridgehead atoms. The molecule has 1 aromatic rings. The van der Waals surface area contributed by atoms with Crippen LogP contribution in [0, 0.1) is 5.41 Å². The SMILES string of the molecule is CC1(CNC(=O)c2ccc(C3(C)NC(=O)NC3=O)cc2)CCNCC1.Cl. The van der Waals surface area contributed by atoms with E-state index in [0.717, 1.165) is 25.9 Å². The Balaban J connectivity index is 0.00000243. The second-order valence-corrected chi connectivity index (χ2v) is 7.35. The maximum Gasteiger partial charge on any atom is 0.322 e. The van der Waals surface area contributed by atoms with E-state index in [2.05, 4.69) is 28.2 Å². The molecule has 2 saturated heterocycles. The van der Waals surface area contributed by atoms with Crippen molar-refractivity contribution in [3.8, 4) is 0 Å². The first kappa shape index (κ1) is 20.2. The maximum absolute atomic E-state index is 12.4. The summed E-state index contributed by atoms with van der Waals surface area (Å²) in [5.41, 5.74) is 0.196. The van der Waals surface area contributed by atoms with E-state index in [1.165, 1.54) is 0 Å². The molecular formula is C18H25ClN4O3. The number of carbonyl (C=O) groups excluding carboxylic acids is 3. The minimum atomic E-state index is -1.10. The van der Waals surface area contributed by atoms with Crippen LogP contribution in [-0.4, -0.2) is 37.5 Å². The average Bonchev–Trinajstić information content (AvgIpc) is 2.87. The highest BCUT2D eigenvalue weighted by Gasteiger charge is 2.43. The van der Waals surface area contributed by atoms with Crippen LogP contribution in [0.5, 0.6) is 0 Å². The number of rotatable bonds is 4. The summed E-state index contributed by atoms with van der Waals surface area (Å²) in [6, 6.07) is 6.25. The van der Waals surface area contributed by atoms with Gasteiger partial charge < -0.3 is 16.0 Å². The molecule has 3 rings (SSSR count). The van der Waals surface area contributed by atoms with Crippen LogP contribution in [0.2, 0.25) is 0 Å². The Labute approximate surface area is 159 Å². The molecule has 2 aliphatic heterocycles. The number of piperidine rings is 1. The van der Waals surface area contributed by atoms with Gasteiger partial charge in [0, 0.05) is 12.1 Å². The fraction of sp³-hybridized carbons (Fsp3) is 0.500. The third-order valence-corrected chi connectivity index (χ3v) is 5.26. The zero-order chi connectivity index (χ0) is 18.1. The van der Waals surface area contributed by atoms with E-state index in [9.17, 15) is 14.4 Å². The highest BCUT2D eigenvalue weighted by Crippen LogP contribution is 2.27. The van der Waals surface area contributed by atoms with Crippen LogP contribution in [0.15, 0.2) is 24.3 Å². The molecule has 1 aromatic carbocycles. The number of hydrogen-bond donors (Lipinski definition) is 4. The Kier molecular flexibility index (Phi) is 5.93. The van der Waals surface area contributed by atoms with Gasteiger partial charge >= 0.3 is 6.03 Å². The minimum Gasteiger partial charge on any atom is -0.351 e. The van der Waals surface area contributed by atoms with Crippen LogP contribution in [0.25, 0.3) is 0 Å². The molecule has 7 nitrogen and oxygen atoms in total. The van der Waals surface area contributed by atoms with Crippen molar-refractivity contribution in [3.63, 3.8) is 0 Å². The van der Waals surface area contributed by atoms with Gasteiger partial charge in [0.25, 0.3) is 11.8 Å². The van der Waals surface area contributed by atoms with Crippen LogP contribution >= 0.6 is 12.4 Å². The largest absolute Gasteiger partial charge is 0.351 e. The smallest absolute Gasteiger partial charge is 0.322 e. The van der Waals surface area contributed by atoms with Gasteiger partial charge in [-0.15, -0.1) is 12.4 Å². The van der Waals surface area contributed by atoms with Crippen molar-refractivity contribution in [2.45, 2.75) is 32.2 Å². The molecule has 8 heteroatoms. The van der Waals surface area contributed by atoms with Crippen molar-refractivity contribution in [2.24, 2.45) is 5.41 Å². The summed E-state index contributed by atoms with van der Waals surface area (Å²) in [5.74, 6) is -0.523. The van der Waals surface area contributed by atoms with E-state index in [4.69, 9.17) is 0 Å². The van der Waals surface area contributed by atoms with Gasteiger partial charge in [-0.1, -0.05) is 19.1 Å². The van der Waals surface area contributed by atoms with Crippen molar-refractivity contribution in [1.29, 1.82) is 0 Å². The lowest BCUT2D eigenvalue weighted by Crippen LogP contribution is -2.43. The number of hydrogen-bond acceptors (Lipinski definition) is 4. The Morgan fingerprint density at radius 3 is 2.27 bits per heavy atom. The molecule has 4 amide bonds. The van der Waals surface area contributed by atoms with Crippen LogP contribution in [-0.2, 0) is 10.3 Å². The van der Waals surface area contributed by atoms with Gasteiger partial charge in [-0.05, 0) is 56.0 Å². The monoisotopic (exact) mass is 380 g/mol. The van der Waals surface area contributed by atoms with Crippen molar-refractivity contribution in [1.82, 2.24) is 21.3 Å². The molecule has 0 radical (unpaired) electrons. The average molecular weight is 381 g/mol. The van der Waals surface area contributed by atoms with Crippen molar-refractivity contribution >= 4 is 30.3 Å². The lowest BCUT2D eigenvalue weighted by molar-refractivity contribution is -0.123. The number of halogens is 1. The van der Waals surface area contributed by atoms with Gasteiger partial charge in [0.05, 0.1) is 0 Å². The van der Waals surface area contributed by atoms with Crippen LogP contribution in [0.1, 0.15) is 42.6 Å². The van der Waals surface area contributed by atoms with Gasteiger partial charge in [0.15, 0.2) is 0 Å². The number of amides is 4. The molecule has 2 heterocycles. The second-order valence-electron chi connectivity index (χ2n) is 7.35. The fourth-order valence-electron chi connectivity index (χ4n) is 3.30. The standard InChI is InChI=1S/C18H24N4O3.ClH/c1-17(7-9-19-10-8-17)11-20-14(23)12-3-5-13(6-4-12)18(2)15(24)21-16(25)22-18;/h3-6,19H,7-11H2,1-2H3,(H,20,23)(H2,21,22,24,25);1H. The highest BCUT2D eigenvalue weighted by molar-refractivity contribution is 6.07. The first-order chi connectivity index (χ1) is 11.8. The molecule has 0 aliphatic carbocycles. The van der Waals surface area contributed by atoms with Crippen molar-refractivity contribution in [3.05, 3.63) is 35.4 Å². The van der Waals surface area contributed by atoms with E-state index >= 15 is 0 Å². The first-order valence-corrected chi connectivity index (χ1v) is 8.56. The van der Waals surface area contributed by atoms with Gasteiger partial charge in [-0.2, -0.15) is 0 Å². The van der Waals surface area contributed by atoms with Crippen molar-refractivity contribution in [2.75, 3.05) is 19.6 Å². The van der Waals surface area contributed by atoms with E-state index < -0.39 is 17.5 Å². The molecule has 0 aromatic heterocycles. The van der Waals surface area contributed by atoms with Gasteiger partial charge in [-0.3, -0.25) is 14.9 Å². The lowest BCUT2D eigenvalue weighted by Gasteiger charge is -2.34. The van der Waals surface area contributed by atoms with Gasteiger partial charge in [-0.25, -0.2) is 4.79 Å². The Hall–Kier alpha value is -2.12. The minimum absolute atomic E-state index is 0. The molecule has 0 spiro atoms. The molecule has 0 saturated carbocycles. The van der Waals surface area contributed by atoms with E-state index in [1.54, 1.807) is 31.2 Å². The van der Waals surface area contributed by atoms with Crippen LogP contribution in [0.4, 0.5) is 4.79 Å². The van der Waals surface area contributed by atoms with Crippen molar-refractivity contribution < 1.29 is 14.4 Å². The molecule has 142 valence electrons. The summed E-state index contributed by atoms with van der Waals surface area (Å²) < 4.78 is 0. The maximum atomic E-state index is 12.4. The third-order valence-electron chi connectivity index (χ3n) is 5.26. The summed E-state index contributed by atoms with van der Waals surface area (Å²) in [7, 11) is 0. The van der Waals surface area contributed by atoms with Crippen LogP contribution in [0.3, 0.4) is 0 Å². The quantitative estimate of drug-likeness (QED) is 0.591. The van der Waals surface area contributed by atoms with E-state index in [0.29, 0.717) is 17.7 Å². The predicted octanol–water partition coefficient (Wildman–Crippen LogP) is 1.28. The summed E-state index contributed by atoms with van der Waals surface area (Å²) in [6.45, 7) is 6.44.